The molecule has 0 amide bonds. The number of methoxy groups -OCH3 is 1. The maximum atomic E-state index is 13.7. The molecule has 106 valence electrons. The Bertz CT molecular complexity index is 601. The molecule has 0 saturated carbocycles. The molecule has 3 rings (SSSR count). The molecule has 0 spiro atoms. The predicted molar refractivity (Wildman–Crippen MR) is 81.2 cm³/mol. The quantitative estimate of drug-likeness (QED) is 0.936. The number of hydrogen-bond donors (Lipinski definition) is 1. The van der Waals surface area contributed by atoms with Gasteiger partial charge in [-0.05, 0) is 41.5 Å². The van der Waals surface area contributed by atoms with Crippen molar-refractivity contribution < 1.29 is 14.2 Å². The highest BCUT2D eigenvalue weighted by Crippen LogP contribution is 2.37. The highest BCUT2D eigenvalue weighted by Gasteiger charge is 2.20. The van der Waals surface area contributed by atoms with Gasteiger partial charge in [-0.15, -0.1) is 11.3 Å². The summed E-state index contributed by atoms with van der Waals surface area (Å²) >= 11 is 3.55. The first-order valence-corrected chi connectivity index (χ1v) is 8.37. The fraction of sp³-hybridized carbons (Fsp3) is 0.333. The van der Waals surface area contributed by atoms with Crippen molar-refractivity contribution in [1.82, 2.24) is 0 Å². The molecule has 2 aromatic rings. The molecule has 2 nitrogen and oxygen atoms in total. The van der Waals surface area contributed by atoms with Crippen molar-refractivity contribution in [2.24, 2.45) is 0 Å². The number of aliphatic hydroxyl groups is 1. The van der Waals surface area contributed by atoms with Crippen molar-refractivity contribution in [3.8, 4) is 5.75 Å². The van der Waals surface area contributed by atoms with E-state index in [-0.39, 0.29) is 5.75 Å². The number of aryl methyl sites for hydroxylation is 1. The maximum absolute atomic E-state index is 13.7. The topological polar surface area (TPSA) is 29.5 Å². The van der Waals surface area contributed by atoms with E-state index in [2.05, 4.69) is 6.07 Å². The van der Waals surface area contributed by atoms with Gasteiger partial charge in [0.25, 0.3) is 0 Å². The SMILES string of the molecule is COc1ccc(C(O)c2cc3c(s2)CCSC3)cc1F. The zero-order chi connectivity index (χ0) is 14.1. The Kier molecular flexibility index (Phi) is 4.01. The number of ether oxygens (including phenoxy) is 1. The van der Waals surface area contributed by atoms with Crippen LogP contribution in [-0.2, 0) is 12.2 Å². The van der Waals surface area contributed by atoms with Gasteiger partial charge in [0.2, 0.25) is 0 Å². The minimum atomic E-state index is -0.768. The summed E-state index contributed by atoms with van der Waals surface area (Å²) in [7, 11) is 1.43. The molecule has 2 heterocycles. The molecule has 0 saturated heterocycles. The van der Waals surface area contributed by atoms with Crippen LogP contribution in [0.4, 0.5) is 4.39 Å². The lowest BCUT2D eigenvalue weighted by atomic mass is 10.1. The molecule has 0 fully saturated rings. The molecule has 0 radical (unpaired) electrons. The van der Waals surface area contributed by atoms with Crippen LogP contribution in [0.3, 0.4) is 0 Å². The summed E-state index contributed by atoms with van der Waals surface area (Å²) in [5.41, 5.74) is 1.88. The minimum Gasteiger partial charge on any atom is -0.494 e. The van der Waals surface area contributed by atoms with E-state index in [9.17, 15) is 9.50 Å². The average Bonchev–Trinajstić information content (AvgIpc) is 2.90. The smallest absolute Gasteiger partial charge is 0.165 e. The molecule has 0 aliphatic carbocycles. The molecule has 1 unspecified atom stereocenters. The number of aliphatic hydroxyl groups excluding tert-OH is 1. The number of benzene rings is 1. The second-order valence-electron chi connectivity index (χ2n) is 4.70. The van der Waals surface area contributed by atoms with E-state index in [4.69, 9.17) is 4.74 Å². The van der Waals surface area contributed by atoms with Crippen molar-refractivity contribution in [2.45, 2.75) is 18.3 Å². The summed E-state index contributed by atoms with van der Waals surface area (Å²) in [6, 6.07) is 6.66. The van der Waals surface area contributed by atoms with E-state index in [1.165, 1.54) is 23.6 Å². The number of thiophene rings is 1. The largest absolute Gasteiger partial charge is 0.494 e. The van der Waals surface area contributed by atoms with Crippen LogP contribution < -0.4 is 4.74 Å². The summed E-state index contributed by atoms with van der Waals surface area (Å²) in [5, 5.41) is 10.4. The van der Waals surface area contributed by atoms with Gasteiger partial charge < -0.3 is 9.84 Å². The molecule has 1 N–H and O–H groups in total. The molecule has 1 aliphatic heterocycles. The highest BCUT2D eigenvalue weighted by molar-refractivity contribution is 7.98. The van der Waals surface area contributed by atoms with Crippen molar-refractivity contribution in [3.05, 3.63) is 51.0 Å². The monoisotopic (exact) mass is 310 g/mol. The summed E-state index contributed by atoms with van der Waals surface area (Å²) in [5.74, 6) is 1.90. The van der Waals surface area contributed by atoms with Crippen LogP contribution in [0.1, 0.15) is 27.0 Å². The third kappa shape index (κ3) is 2.57. The zero-order valence-electron chi connectivity index (χ0n) is 11.1. The number of thioether (sulfide) groups is 1. The summed E-state index contributed by atoms with van der Waals surface area (Å²) in [6.45, 7) is 0. The molecular formula is C15H15FO2S2. The molecule has 1 aliphatic rings. The Hall–Kier alpha value is -1.04. The van der Waals surface area contributed by atoms with E-state index >= 15 is 0 Å². The standard InChI is InChI=1S/C15H15FO2S2/c1-18-12-3-2-9(6-11(12)16)15(17)14-7-10-8-19-5-4-13(10)20-14/h2-3,6-7,15,17H,4-5,8H2,1H3. The van der Waals surface area contributed by atoms with E-state index in [1.807, 2.05) is 11.8 Å². The van der Waals surface area contributed by atoms with Gasteiger partial charge >= 0.3 is 0 Å². The molecule has 1 aromatic carbocycles. The fourth-order valence-electron chi connectivity index (χ4n) is 2.32. The molecule has 1 atom stereocenters. The van der Waals surface area contributed by atoms with Gasteiger partial charge in [0.1, 0.15) is 6.10 Å². The van der Waals surface area contributed by atoms with E-state index < -0.39 is 11.9 Å². The van der Waals surface area contributed by atoms with E-state index in [0.29, 0.717) is 5.56 Å². The number of rotatable bonds is 3. The van der Waals surface area contributed by atoms with Gasteiger partial charge in [-0.2, -0.15) is 11.8 Å². The number of halogens is 1. The lowest BCUT2D eigenvalue weighted by Crippen LogP contribution is -1.99. The van der Waals surface area contributed by atoms with E-state index in [0.717, 1.165) is 22.8 Å². The van der Waals surface area contributed by atoms with Gasteiger partial charge in [0.15, 0.2) is 11.6 Å². The Morgan fingerprint density at radius 3 is 2.90 bits per heavy atom. The lowest BCUT2D eigenvalue weighted by molar-refractivity contribution is 0.223. The van der Waals surface area contributed by atoms with Crippen molar-refractivity contribution in [3.63, 3.8) is 0 Å². The summed E-state index contributed by atoms with van der Waals surface area (Å²) in [6.07, 6.45) is 0.296. The Morgan fingerprint density at radius 1 is 1.35 bits per heavy atom. The Balaban J connectivity index is 1.90. The second kappa shape index (κ2) is 5.76. The van der Waals surface area contributed by atoms with E-state index in [1.54, 1.807) is 23.5 Å². The normalized spacial score (nSPS) is 15.8. The highest BCUT2D eigenvalue weighted by atomic mass is 32.2. The predicted octanol–water partition coefficient (Wildman–Crippen LogP) is 3.77. The first-order chi connectivity index (χ1) is 9.69. The molecule has 5 heteroatoms. The molecule has 20 heavy (non-hydrogen) atoms. The van der Waals surface area contributed by atoms with Crippen molar-refractivity contribution in [1.29, 1.82) is 0 Å². The van der Waals surface area contributed by atoms with Gasteiger partial charge in [-0.3, -0.25) is 0 Å². The van der Waals surface area contributed by atoms with Crippen LogP contribution >= 0.6 is 23.1 Å². The third-order valence-electron chi connectivity index (χ3n) is 3.41. The van der Waals surface area contributed by atoms with Crippen LogP contribution in [0.2, 0.25) is 0 Å². The van der Waals surface area contributed by atoms with Gasteiger partial charge in [-0.1, -0.05) is 6.07 Å². The maximum Gasteiger partial charge on any atom is 0.165 e. The Morgan fingerprint density at radius 2 is 2.20 bits per heavy atom. The van der Waals surface area contributed by atoms with Gasteiger partial charge in [-0.25, -0.2) is 4.39 Å². The fourth-order valence-corrected chi connectivity index (χ4v) is 4.71. The number of hydrogen-bond acceptors (Lipinski definition) is 4. The minimum absolute atomic E-state index is 0.197. The van der Waals surface area contributed by atoms with Gasteiger partial charge in [0.05, 0.1) is 7.11 Å². The second-order valence-corrected chi connectivity index (χ2v) is 6.97. The zero-order valence-corrected chi connectivity index (χ0v) is 12.7. The first kappa shape index (κ1) is 13.9. The van der Waals surface area contributed by atoms with Crippen LogP contribution in [0.15, 0.2) is 24.3 Å². The third-order valence-corrected chi connectivity index (χ3v) is 5.71. The number of fused-ring (bicyclic) bond motifs is 1. The van der Waals surface area contributed by atoms with Crippen molar-refractivity contribution >= 4 is 23.1 Å². The molecule has 0 bridgehead atoms. The average molecular weight is 310 g/mol. The van der Waals surface area contributed by atoms with Crippen LogP contribution in [-0.4, -0.2) is 18.0 Å². The summed E-state index contributed by atoms with van der Waals surface area (Å²) in [4.78, 5) is 2.24. The summed E-state index contributed by atoms with van der Waals surface area (Å²) < 4.78 is 18.6. The lowest BCUT2D eigenvalue weighted by Gasteiger charge is -2.10. The van der Waals surface area contributed by atoms with Crippen LogP contribution in [0.5, 0.6) is 5.75 Å². The molecule has 1 aromatic heterocycles. The first-order valence-electron chi connectivity index (χ1n) is 6.39. The van der Waals surface area contributed by atoms with Crippen LogP contribution in [0, 0.1) is 5.82 Å². The van der Waals surface area contributed by atoms with Crippen molar-refractivity contribution in [2.75, 3.05) is 12.9 Å². The Labute approximate surface area is 125 Å². The molecular weight excluding hydrogens is 295 g/mol. The van der Waals surface area contributed by atoms with Gasteiger partial charge in [0, 0.05) is 15.5 Å². The van der Waals surface area contributed by atoms with Crippen LogP contribution in [0.25, 0.3) is 0 Å².